The zero-order valence-corrected chi connectivity index (χ0v) is 18.8. The highest BCUT2D eigenvalue weighted by molar-refractivity contribution is 5.35. The Morgan fingerprint density at radius 2 is 1.90 bits per heavy atom. The van der Waals surface area contributed by atoms with Gasteiger partial charge in [0.15, 0.2) is 0 Å². The SMILES string of the molecule is COc1ccccc1CCN1CCC(CN(C)Cc2cccc(-n3cccn3)c2)CC1. The summed E-state index contributed by atoms with van der Waals surface area (Å²) in [6.07, 6.45) is 7.43. The average Bonchev–Trinajstić information content (AvgIpc) is 3.34. The molecule has 0 bridgehead atoms. The van der Waals surface area contributed by atoms with Crippen molar-refractivity contribution in [3.05, 3.63) is 78.1 Å². The summed E-state index contributed by atoms with van der Waals surface area (Å²) in [5.41, 5.74) is 3.77. The maximum Gasteiger partial charge on any atom is 0.122 e. The average molecular weight is 419 g/mol. The molecule has 3 aromatic rings. The van der Waals surface area contributed by atoms with E-state index >= 15 is 0 Å². The third kappa shape index (κ3) is 5.96. The Labute approximate surface area is 186 Å². The van der Waals surface area contributed by atoms with Crippen LogP contribution in [0.4, 0.5) is 0 Å². The molecule has 1 aromatic heterocycles. The molecule has 2 heterocycles. The van der Waals surface area contributed by atoms with Gasteiger partial charge in [-0.05, 0) is 80.7 Å². The van der Waals surface area contributed by atoms with Gasteiger partial charge < -0.3 is 14.5 Å². The Hall–Kier alpha value is -2.63. The molecule has 0 spiro atoms. The number of piperidine rings is 1. The summed E-state index contributed by atoms with van der Waals surface area (Å²) >= 11 is 0. The minimum atomic E-state index is 0.779. The standard InChI is InChI=1S/C26H34N4O/c1-28(21-23-7-5-9-25(19-23)30-15-6-14-27-30)20-22-11-16-29(17-12-22)18-13-24-8-3-4-10-26(24)31-2/h3-10,14-15,19,22H,11-13,16-18,20-21H2,1-2H3. The molecular weight excluding hydrogens is 384 g/mol. The molecule has 0 radical (unpaired) electrons. The zero-order valence-electron chi connectivity index (χ0n) is 18.8. The fourth-order valence-corrected chi connectivity index (χ4v) is 4.62. The van der Waals surface area contributed by atoms with Crippen molar-refractivity contribution in [2.24, 2.45) is 5.92 Å². The van der Waals surface area contributed by atoms with Crippen LogP contribution in [-0.4, -0.2) is 59.9 Å². The van der Waals surface area contributed by atoms with Gasteiger partial charge in [-0.1, -0.05) is 30.3 Å². The van der Waals surface area contributed by atoms with E-state index in [1.807, 2.05) is 29.2 Å². The number of ether oxygens (including phenoxy) is 1. The number of hydrogen-bond acceptors (Lipinski definition) is 4. The van der Waals surface area contributed by atoms with Gasteiger partial charge in [0.05, 0.1) is 12.8 Å². The number of hydrogen-bond donors (Lipinski definition) is 0. The van der Waals surface area contributed by atoms with Crippen LogP contribution < -0.4 is 4.74 Å². The van der Waals surface area contributed by atoms with Crippen molar-refractivity contribution in [3.8, 4) is 11.4 Å². The van der Waals surface area contributed by atoms with Gasteiger partial charge >= 0.3 is 0 Å². The van der Waals surface area contributed by atoms with Gasteiger partial charge in [0.25, 0.3) is 0 Å². The molecule has 0 atom stereocenters. The Kier molecular flexibility index (Phi) is 7.39. The molecule has 5 nitrogen and oxygen atoms in total. The zero-order chi connectivity index (χ0) is 21.5. The Bertz CT molecular complexity index is 932. The fourth-order valence-electron chi connectivity index (χ4n) is 4.62. The molecule has 0 saturated carbocycles. The molecule has 1 fully saturated rings. The Balaban J connectivity index is 1.21. The predicted octanol–water partition coefficient (Wildman–Crippen LogP) is 4.27. The first-order valence-corrected chi connectivity index (χ1v) is 11.3. The molecule has 1 aliphatic heterocycles. The normalized spacial score (nSPS) is 15.5. The van der Waals surface area contributed by atoms with Gasteiger partial charge in [-0.2, -0.15) is 5.10 Å². The topological polar surface area (TPSA) is 33.5 Å². The monoisotopic (exact) mass is 418 g/mol. The highest BCUT2D eigenvalue weighted by Crippen LogP contribution is 2.22. The maximum absolute atomic E-state index is 5.49. The van der Waals surface area contributed by atoms with Crippen LogP contribution in [0.15, 0.2) is 67.0 Å². The van der Waals surface area contributed by atoms with Crippen LogP contribution >= 0.6 is 0 Å². The van der Waals surface area contributed by atoms with Crippen molar-refractivity contribution in [3.63, 3.8) is 0 Å². The highest BCUT2D eigenvalue weighted by atomic mass is 16.5. The molecule has 0 N–H and O–H groups in total. The van der Waals surface area contributed by atoms with Gasteiger partial charge in [0.2, 0.25) is 0 Å². The first-order chi connectivity index (χ1) is 15.2. The van der Waals surface area contributed by atoms with E-state index in [9.17, 15) is 0 Å². The lowest BCUT2D eigenvalue weighted by atomic mass is 9.95. The lowest BCUT2D eigenvalue weighted by Gasteiger charge is -2.34. The van der Waals surface area contributed by atoms with Crippen LogP contribution in [0.5, 0.6) is 5.75 Å². The minimum absolute atomic E-state index is 0.779. The third-order valence-corrected chi connectivity index (χ3v) is 6.30. The number of methoxy groups -OCH3 is 1. The van der Waals surface area contributed by atoms with Gasteiger partial charge in [0, 0.05) is 32.0 Å². The number of nitrogens with zero attached hydrogens (tertiary/aromatic N) is 4. The number of likely N-dealkylation sites (tertiary alicyclic amines) is 1. The van der Waals surface area contributed by atoms with Crippen LogP contribution in [0, 0.1) is 5.92 Å². The second kappa shape index (κ2) is 10.6. The summed E-state index contributed by atoms with van der Waals surface area (Å²) in [6, 6.07) is 19.0. The minimum Gasteiger partial charge on any atom is -0.496 e. The van der Waals surface area contributed by atoms with Crippen LogP contribution in [-0.2, 0) is 13.0 Å². The number of rotatable bonds is 9. The Morgan fingerprint density at radius 1 is 1.06 bits per heavy atom. The first-order valence-electron chi connectivity index (χ1n) is 11.3. The molecule has 4 rings (SSSR count). The summed E-state index contributed by atoms with van der Waals surface area (Å²) in [5.74, 6) is 1.79. The van der Waals surface area contributed by atoms with Crippen LogP contribution in [0.2, 0.25) is 0 Å². The van der Waals surface area contributed by atoms with E-state index in [0.717, 1.165) is 43.4 Å². The van der Waals surface area contributed by atoms with Crippen molar-refractivity contribution < 1.29 is 4.74 Å². The van der Waals surface area contributed by atoms with Crippen molar-refractivity contribution in [2.75, 3.05) is 40.3 Å². The molecule has 0 unspecified atom stereocenters. The number of aromatic nitrogens is 2. The summed E-state index contributed by atoms with van der Waals surface area (Å²) in [4.78, 5) is 5.08. The van der Waals surface area contributed by atoms with Crippen LogP contribution in [0.1, 0.15) is 24.0 Å². The van der Waals surface area contributed by atoms with Crippen molar-refractivity contribution in [1.29, 1.82) is 0 Å². The largest absolute Gasteiger partial charge is 0.496 e. The molecule has 1 aliphatic rings. The molecule has 31 heavy (non-hydrogen) atoms. The smallest absolute Gasteiger partial charge is 0.122 e. The summed E-state index contributed by atoms with van der Waals surface area (Å²) in [5, 5.41) is 4.34. The van der Waals surface area contributed by atoms with E-state index in [-0.39, 0.29) is 0 Å². The maximum atomic E-state index is 5.49. The number of benzene rings is 2. The van der Waals surface area contributed by atoms with E-state index in [1.54, 1.807) is 7.11 Å². The molecule has 1 saturated heterocycles. The third-order valence-electron chi connectivity index (χ3n) is 6.30. The molecule has 0 aliphatic carbocycles. The van der Waals surface area contributed by atoms with Gasteiger partial charge in [0.1, 0.15) is 5.75 Å². The Morgan fingerprint density at radius 3 is 2.68 bits per heavy atom. The quantitative estimate of drug-likeness (QED) is 0.520. The molecular formula is C26H34N4O. The summed E-state index contributed by atoms with van der Waals surface area (Å²) in [7, 11) is 4.00. The van der Waals surface area contributed by atoms with Crippen LogP contribution in [0.3, 0.4) is 0 Å². The summed E-state index contributed by atoms with van der Waals surface area (Å²) in [6.45, 7) is 5.64. The molecule has 2 aromatic carbocycles. The van der Waals surface area contributed by atoms with Crippen LogP contribution in [0.25, 0.3) is 5.69 Å². The van der Waals surface area contributed by atoms with Gasteiger partial charge in [-0.3, -0.25) is 0 Å². The predicted molar refractivity (Wildman–Crippen MR) is 126 cm³/mol. The van der Waals surface area contributed by atoms with Gasteiger partial charge in [-0.15, -0.1) is 0 Å². The van der Waals surface area contributed by atoms with Gasteiger partial charge in [-0.25, -0.2) is 4.68 Å². The highest BCUT2D eigenvalue weighted by Gasteiger charge is 2.20. The van der Waals surface area contributed by atoms with E-state index < -0.39 is 0 Å². The van der Waals surface area contributed by atoms with Crippen molar-refractivity contribution in [2.45, 2.75) is 25.8 Å². The lowest BCUT2D eigenvalue weighted by Crippen LogP contribution is -2.38. The number of para-hydroxylation sites is 1. The molecule has 164 valence electrons. The molecule has 0 amide bonds. The molecule has 5 heteroatoms. The summed E-state index contributed by atoms with van der Waals surface area (Å²) < 4.78 is 7.42. The second-order valence-electron chi connectivity index (χ2n) is 8.66. The van der Waals surface area contributed by atoms with E-state index in [4.69, 9.17) is 4.74 Å². The first kappa shape index (κ1) is 21.6. The van der Waals surface area contributed by atoms with Crippen molar-refractivity contribution in [1.82, 2.24) is 19.6 Å². The van der Waals surface area contributed by atoms with E-state index in [2.05, 4.69) is 64.4 Å². The fraction of sp³-hybridized carbons (Fsp3) is 0.423. The van der Waals surface area contributed by atoms with Crippen molar-refractivity contribution >= 4 is 0 Å². The second-order valence-corrected chi connectivity index (χ2v) is 8.66. The lowest BCUT2D eigenvalue weighted by molar-refractivity contribution is 0.153. The van der Waals surface area contributed by atoms with E-state index in [0.29, 0.717) is 0 Å². The van der Waals surface area contributed by atoms with E-state index in [1.165, 1.54) is 37.1 Å².